The smallest absolute Gasteiger partial charge is 0.318 e. The Hall–Kier alpha value is -4.48. The van der Waals surface area contributed by atoms with E-state index in [1.165, 1.54) is 29.2 Å². The minimum absolute atomic E-state index is 0.0146. The van der Waals surface area contributed by atoms with Crippen molar-refractivity contribution in [2.45, 2.75) is 77.9 Å². The number of amides is 5. The lowest BCUT2D eigenvalue weighted by molar-refractivity contribution is -0.135. The Morgan fingerprint density at radius 2 is 1.40 bits per heavy atom. The summed E-state index contributed by atoms with van der Waals surface area (Å²) in [5, 5.41) is 8.72. The number of halogens is 1. The number of likely N-dealkylation sites (tertiary alicyclic amines) is 1. The van der Waals surface area contributed by atoms with Crippen LogP contribution in [0.25, 0.3) is 0 Å². The second-order valence-electron chi connectivity index (χ2n) is 13.3. The number of nitrogens with zero attached hydrogens (tertiary/aromatic N) is 3. The molecular weight excluding hydrogens is 615 g/mol. The van der Waals surface area contributed by atoms with E-state index in [-0.39, 0.29) is 30.3 Å². The fourth-order valence-electron chi connectivity index (χ4n) is 5.88. The number of urea groups is 1. The summed E-state index contributed by atoms with van der Waals surface area (Å²) in [4.78, 5) is 62.5. The number of carbonyl (C=O) groups excluding carboxylic acids is 4. The molecular formula is C36H49FN6O5. The molecule has 1 saturated heterocycles. The molecule has 0 bridgehead atoms. The number of ether oxygens (including phenoxy) is 1. The number of rotatable bonds is 14. The molecule has 2 aromatic rings. The normalized spacial score (nSPS) is 16.6. The average molecular weight is 665 g/mol. The zero-order chi connectivity index (χ0) is 34.6. The Morgan fingerprint density at radius 3 is 2.02 bits per heavy atom. The minimum Gasteiger partial charge on any atom is -0.486 e. The maximum Gasteiger partial charge on any atom is 0.318 e. The number of aliphatic imine (C=N–C) groups is 1. The van der Waals surface area contributed by atoms with Crippen LogP contribution < -0.4 is 20.7 Å². The highest BCUT2D eigenvalue weighted by Gasteiger charge is 2.35. The number of piperidine rings is 1. The van der Waals surface area contributed by atoms with Crippen molar-refractivity contribution >= 4 is 29.6 Å². The fourth-order valence-corrected chi connectivity index (χ4v) is 5.88. The Morgan fingerprint density at radius 1 is 0.792 bits per heavy atom. The van der Waals surface area contributed by atoms with Crippen LogP contribution in [0.3, 0.4) is 0 Å². The fraction of sp³-hybridized carbons (Fsp3) is 0.528. The van der Waals surface area contributed by atoms with E-state index in [9.17, 15) is 23.6 Å². The summed E-state index contributed by atoms with van der Waals surface area (Å²) in [6, 6.07) is 11.4. The molecule has 0 saturated carbocycles. The van der Waals surface area contributed by atoms with Gasteiger partial charge in [0.15, 0.2) is 0 Å². The van der Waals surface area contributed by atoms with Crippen LogP contribution in [0.4, 0.5) is 9.18 Å². The number of hydrogen-bond acceptors (Lipinski definition) is 6. The van der Waals surface area contributed by atoms with Crippen LogP contribution in [-0.4, -0.2) is 84.3 Å². The van der Waals surface area contributed by atoms with Gasteiger partial charge in [0, 0.05) is 19.6 Å². The molecule has 0 radical (unpaired) electrons. The quantitative estimate of drug-likeness (QED) is 0.275. The monoisotopic (exact) mass is 664 g/mol. The highest BCUT2D eigenvalue weighted by Crippen LogP contribution is 2.20. The minimum atomic E-state index is -1.07. The second kappa shape index (κ2) is 17.6. The Labute approximate surface area is 282 Å². The van der Waals surface area contributed by atoms with E-state index in [0.29, 0.717) is 56.2 Å². The van der Waals surface area contributed by atoms with E-state index in [1.807, 2.05) is 33.8 Å². The third-order valence-corrected chi connectivity index (χ3v) is 8.35. The topological polar surface area (TPSA) is 132 Å². The zero-order valence-corrected chi connectivity index (χ0v) is 28.4. The molecule has 2 aliphatic heterocycles. The molecule has 2 heterocycles. The van der Waals surface area contributed by atoms with E-state index in [0.717, 1.165) is 19.3 Å². The third kappa shape index (κ3) is 10.5. The van der Waals surface area contributed by atoms with Crippen molar-refractivity contribution in [3.05, 3.63) is 66.0 Å². The molecule has 4 rings (SSSR count). The van der Waals surface area contributed by atoms with Gasteiger partial charge in [-0.05, 0) is 73.8 Å². The third-order valence-electron chi connectivity index (χ3n) is 8.35. The van der Waals surface area contributed by atoms with Crippen LogP contribution in [0.2, 0.25) is 0 Å². The van der Waals surface area contributed by atoms with Gasteiger partial charge in [-0.1, -0.05) is 58.0 Å². The average Bonchev–Trinajstić information content (AvgIpc) is 3.55. The molecule has 0 unspecified atom stereocenters. The zero-order valence-electron chi connectivity index (χ0n) is 28.4. The van der Waals surface area contributed by atoms with E-state index in [1.54, 1.807) is 29.2 Å². The van der Waals surface area contributed by atoms with Gasteiger partial charge in [0.25, 0.3) is 5.91 Å². The Bertz CT molecular complexity index is 1410. The van der Waals surface area contributed by atoms with Gasteiger partial charge in [-0.25, -0.2) is 9.18 Å². The Kier molecular flexibility index (Phi) is 13.3. The molecule has 48 heavy (non-hydrogen) atoms. The lowest BCUT2D eigenvalue weighted by atomic mass is 9.99. The summed E-state index contributed by atoms with van der Waals surface area (Å²) in [6.07, 6.45) is 3.66. The Balaban J connectivity index is 1.49. The molecule has 12 heteroatoms. The molecule has 5 amide bonds. The highest BCUT2D eigenvalue weighted by molar-refractivity contribution is 6.04. The lowest BCUT2D eigenvalue weighted by Crippen LogP contribution is -2.57. The van der Waals surface area contributed by atoms with Crippen LogP contribution in [0.5, 0.6) is 5.75 Å². The van der Waals surface area contributed by atoms with E-state index in [4.69, 9.17) is 4.74 Å². The lowest BCUT2D eigenvalue weighted by Gasteiger charge is -2.31. The summed E-state index contributed by atoms with van der Waals surface area (Å²) < 4.78 is 19.1. The first-order valence-electron chi connectivity index (χ1n) is 17.0. The number of carbonyl (C=O) groups is 4. The standard InChI is InChI=1S/C36H49FN6O5/c1-24(2)21-29(39-33(44)30(22-25(3)4)40-36(47)42-18-9-6-10-19-42)34(45)41-32(26-11-7-5-8-12-26)35(46)43-20-17-38-31(43)23-48-28-15-13-27(37)14-16-28/h5,7-8,11-16,24-25,29-30,32H,6,9-10,17-23H2,1-4H3,(H,39,44)(H,40,47)(H,41,45)/t29-,30-,32-/m0/s1. The molecule has 0 spiro atoms. The number of benzene rings is 2. The van der Waals surface area contributed by atoms with Gasteiger partial charge in [-0.3, -0.25) is 24.3 Å². The maximum atomic E-state index is 14.1. The van der Waals surface area contributed by atoms with Crippen molar-refractivity contribution in [2.24, 2.45) is 16.8 Å². The predicted molar refractivity (Wildman–Crippen MR) is 182 cm³/mol. The summed E-state index contributed by atoms with van der Waals surface area (Å²) in [6.45, 7) is 9.81. The number of nitrogens with one attached hydrogen (secondary N) is 3. The van der Waals surface area contributed by atoms with Gasteiger partial charge in [0.05, 0.1) is 6.54 Å². The first-order chi connectivity index (χ1) is 23.0. The van der Waals surface area contributed by atoms with Gasteiger partial charge in [-0.15, -0.1) is 0 Å². The van der Waals surface area contributed by atoms with E-state index >= 15 is 0 Å². The van der Waals surface area contributed by atoms with Gasteiger partial charge in [0.2, 0.25) is 11.8 Å². The molecule has 260 valence electrons. The van der Waals surface area contributed by atoms with Crippen molar-refractivity contribution in [2.75, 3.05) is 32.8 Å². The van der Waals surface area contributed by atoms with Gasteiger partial charge >= 0.3 is 6.03 Å². The summed E-state index contributed by atoms with van der Waals surface area (Å²) in [5.74, 6) is -0.746. The molecule has 2 aromatic carbocycles. The maximum absolute atomic E-state index is 14.1. The molecule has 2 aliphatic rings. The van der Waals surface area contributed by atoms with E-state index in [2.05, 4.69) is 20.9 Å². The summed E-state index contributed by atoms with van der Waals surface area (Å²) >= 11 is 0. The van der Waals surface area contributed by atoms with Crippen LogP contribution >= 0.6 is 0 Å². The van der Waals surface area contributed by atoms with Crippen LogP contribution in [-0.2, 0) is 14.4 Å². The summed E-state index contributed by atoms with van der Waals surface area (Å²) in [7, 11) is 0. The molecule has 0 aliphatic carbocycles. The SMILES string of the molecule is CC(C)C[C@H](NC(=O)[C@H](CC(C)C)NC(=O)N1CCCCC1)C(=O)N[C@H](C(=O)N1CCN=C1COc1ccc(F)cc1)c1ccccc1. The van der Waals surface area contributed by atoms with Crippen molar-refractivity contribution in [1.29, 1.82) is 0 Å². The van der Waals surface area contributed by atoms with Crippen molar-refractivity contribution < 1.29 is 28.3 Å². The second-order valence-corrected chi connectivity index (χ2v) is 13.3. The van der Waals surface area contributed by atoms with Crippen molar-refractivity contribution in [3.8, 4) is 5.75 Å². The number of amidine groups is 1. The highest BCUT2D eigenvalue weighted by atomic mass is 19.1. The van der Waals surface area contributed by atoms with Gasteiger partial charge in [-0.2, -0.15) is 0 Å². The molecule has 3 atom stereocenters. The summed E-state index contributed by atoms with van der Waals surface area (Å²) in [5.41, 5.74) is 0.572. The van der Waals surface area contributed by atoms with Gasteiger partial charge < -0.3 is 25.6 Å². The first kappa shape index (κ1) is 36.4. The molecule has 0 aromatic heterocycles. The molecule has 1 fully saturated rings. The van der Waals surface area contributed by atoms with Crippen LogP contribution in [0.1, 0.15) is 71.4 Å². The van der Waals surface area contributed by atoms with Crippen molar-refractivity contribution in [1.82, 2.24) is 25.8 Å². The molecule has 3 N–H and O–H groups in total. The van der Waals surface area contributed by atoms with E-state index < -0.39 is 35.8 Å². The van der Waals surface area contributed by atoms with Gasteiger partial charge in [0.1, 0.15) is 42.1 Å². The van der Waals surface area contributed by atoms with Crippen LogP contribution in [0, 0.1) is 17.7 Å². The first-order valence-corrected chi connectivity index (χ1v) is 17.0. The van der Waals surface area contributed by atoms with Crippen LogP contribution in [0.15, 0.2) is 59.6 Å². The predicted octanol–water partition coefficient (Wildman–Crippen LogP) is 4.44. The number of hydrogen-bond donors (Lipinski definition) is 3. The molecule has 11 nitrogen and oxygen atoms in total. The largest absolute Gasteiger partial charge is 0.486 e. The van der Waals surface area contributed by atoms with Crippen molar-refractivity contribution in [3.63, 3.8) is 0 Å².